The van der Waals surface area contributed by atoms with Gasteiger partial charge in [0.1, 0.15) is 0 Å². The van der Waals surface area contributed by atoms with Gasteiger partial charge >= 0.3 is 0 Å². The molecular formula is C8H14N2O2. The van der Waals surface area contributed by atoms with Gasteiger partial charge in [-0.15, -0.1) is 0 Å². The number of nitrogens with zero attached hydrogens (tertiary/aromatic N) is 1. The van der Waals surface area contributed by atoms with Crippen molar-refractivity contribution in [2.24, 2.45) is 0 Å². The number of piperazine rings is 1. The Labute approximate surface area is 71.9 Å². The first-order chi connectivity index (χ1) is 5.63. The molecule has 2 heterocycles. The minimum absolute atomic E-state index is 0.147. The van der Waals surface area contributed by atoms with E-state index in [-0.39, 0.29) is 11.9 Å². The summed E-state index contributed by atoms with van der Waals surface area (Å²) in [6.07, 6.45) is 0. The normalized spacial score (nSPS) is 41.7. The van der Waals surface area contributed by atoms with Crippen LogP contribution in [-0.4, -0.2) is 42.3 Å². The maximum atomic E-state index is 11.5. The van der Waals surface area contributed by atoms with Crippen LogP contribution in [0, 0.1) is 0 Å². The average Bonchev–Trinajstić information content (AvgIpc) is 2.29. The molecule has 12 heavy (non-hydrogen) atoms. The number of hydrogen-bond donors (Lipinski definition) is 1. The Morgan fingerprint density at radius 1 is 1.75 bits per heavy atom. The largest absolute Gasteiger partial charge is 0.352 e. The second-order valence-electron chi connectivity index (χ2n) is 3.70. The van der Waals surface area contributed by atoms with Gasteiger partial charge in [0.2, 0.25) is 5.91 Å². The van der Waals surface area contributed by atoms with Gasteiger partial charge in [0, 0.05) is 6.54 Å². The maximum Gasteiger partial charge on any atom is 0.239 e. The highest BCUT2D eigenvalue weighted by Crippen LogP contribution is 2.28. The smallest absolute Gasteiger partial charge is 0.239 e. The highest BCUT2D eigenvalue weighted by atomic mass is 16.5. The van der Waals surface area contributed by atoms with Gasteiger partial charge in [-0.1, -0.05) is 0 Å². The van der Waals surface area contributed by atoms with E-state index >= 15 is 0 Å². The Morgan fingerprint density at radius 2 is 2.50 bits per heavy atom. The third kappa shape index (κ3) is 0.949. The van der Waals surface area contributed by atoms with Gasteiger partial charge in [0.15, 0.2) is 5.72 Å². The molecule has 0 aliphatic carbocycles. The molecule has 68 valence electrons. The van der Waals surface area contributed by atoms with Crippen LogP contribution >= 0.6 is 0 Å². The predicted octanol–water partition coefficient (Wildman–Crippen LogP) is -0.447. The monoisotopic (exact) mass is 170 g/mol. The summed E-state index contributed by atoms with van der Waals surface area (Å²) in [5.74, 6) is 0.147. The fraction of sp³-hybridized carbons (Fsp3) is 0.875. The molecule has 1 amide bonds. The summed E-state index contributed by atoms with van der Waals surface area (Å²) >= 11 is 0. The molecule has 0 aromatic heterocycles. The van der Waals surface area contributed by atoms with Crippen molar-refractivity contribution in [3.8, 4) is 0 Å². The number of fused-ring (bicyclic) bond motifs is 1. The van der Waals surface area contributed by atoms with Gasteiger partial charge in [-0.05, 0) is 13.8 Å². The second-order valence-corrected chi connectivity index (χ2v) is 3.70. The zero-order valence-corrected chi connectivity index (χ0v) is 7.46. The van der Waals surface area contributed by atoms with Crippen molar-refractivity contribution in [2.75, 3.05) is 19.7 Å². The molecule has 0 aromatic rings. The minimum Gasteiger partial charge on any atom is -0.352 e. The second kappa shape index (κ2) is 2.44. The third-order valence-corrected chi connectivity index (χ3v) is 2.58. The third-order valence-electron chi connectivity index (χ3n) is 2.58. The fourth-order valence-electron chi connectivity index (χ4n) is 2.04. The SMILES string of the molecule is C[C@H]1CO[C@]2(C)CNCC(=O)N12. The van der Waals surface area contributed by atoms with Crippen LogP contribution in [0.1, 0.15) is 13.8 Å². The lowest BCUT2D eigenvalue weighted by molar-refractivity contribution is -0.152. The molecule has 4 nitrogen and oxygen atoms in total. The number of ether oxygens (including phenoxy) is 1. The van der Waals surface area contributed by atoms with Gasteiger partial charge in [0.05, 0.1) is 19.2 Å². The summed E-state index contributed by atoms with van der Waals surface area (Å²) in [5.41, 5.74) is -0.394. The Kier molecular flexibility index (Phi) is 1.63. The fourth-order valence-corrected chi connectivity index (χ4v) is 2.04. The van der Waals surface area contributed by atoms with Gasteiger partial charge < -0.3 is 15.0 Å². The predicted molar refractivity (Wildman–Crippen MR) is 43.5 cm³/mol. The molecule has 2 fully saturated rings. The summed E-state index contributed by atoms with van der Waals surface area (Å²) in [6.45, 7) is 5.82. The standard InChI is InChI=1S/C8H14N2O2/c1-6-4-12-8(2)5-9-3-7(11)10(6)8/h6,9H,3-5H2,1-2H3/t6-,8+/m0/s1. The zero-order valence-electron chi connectivity index (χ0n) is 7.46. The number of hydrogen-bond acceptors (Lipinski definition) is 3. The van der Waals surface area contributed by atoms with Crippen LogP contribution < -0.4 is 5.32 Å². The average molecular weight is 170 g/mol. The molecule has 4 heteroatoms. The van der Waals surface area contributed by atoms with Crippen LogP contribution in [0.4, 0.5) is 0 Å². The van der Waals surface area contributed by atoms with E-state index in [2.05, 4.69) is 5.32 Å². The van der Waals surface area contributed by atoms with E-state index in [9.17, 15) is 4.79 Å². The molecule has 2 atom stereocenters. The summed E-state index contributed by atoms with van der Waals surface area (Å²) in [7, 11) is 0. The summed E-state index contributed by atoms with van der Waals surface area (Å²) in [6, 6.07) is 0.226. The van der Waals surface area contributed by atoms with Crippen molar-refractivity contribution in [3.63, 3.8) is 0 Å². The summed E-state index contributed by atoms with van der Waals surface area (Å²) in [5, 5.41) is 3.05. The van der Waals surface area contributed by atoms with Crippen molar-refractivity contribution < 1.29 is 9.53 Å². The van der Waals surface area contributed by atoms with Crippen LogP contribution in [-0.2, 0) is 9.53 Å². The first kappa shape index (κ1) is 8.01. The Bertz CT molecular complexity index is 215. The number of amides is 1. The lowest BCUT2D eigenvalue weighted by Crippen LogP contribution is -2.61. The Hall–Kier alpha value is -0.610. The van der Waals surface area contributed by atoms with E-state index < -0.39 is 5.72 Å². The number of rotatable bonds is 0. The molecule has 0 bridgehead atoms. The quantitative estimate of drug-likeness (QED) is 0.535. The van der Waals surface area contributed by atoms with E-state index in [4.69, 9.17) is 4.74 Å². The van der Waals surface area contributed by atoms with Crippen molar-refractivity contribution in [1.82, 2.24) is 10.2 Å². The van der Waals surface area contributed by atoms with E-state index in [0.29, 0.717) is 13.2 Å². The molecule has 0 spiro atoms. The molecular weight excluding hydrogens is 156 g/mol. The maximum absolute atomic E-state index is 11.5. The van der Waals surface area contributed by atoms with Crippen LogP contribution in [0.3, 0.4) is 0 Å². The van der Waals surface area contributed by atoms with Gasteiger partial charge in [-0.2, -0.15) is 0 Å². The molecule has 2 rings (SSSR count). The first-order valence-corrected chi connectivity index (χ1v) is 4.30. The summed E-state index contributed by atoms with van der Waals surface area (Å²) in [4.78, 5) is 13.3. The summed E-state index contributed by atoms with van der Waals surface area (Å²) < 4.78 is 5.57. The Morgan fingerprint density at radius 3 is 3.17 bits per heavy atom. The topological polar surface area (TPSA) is 41.6 Å². The van der Waals surface area contributed by atoms with Crippen LogP contribution in [0.15, 0.2) is 0 Å². The lowest BCUT2D eigenvalue weighted by atomic mass is 10.1. The van der Waals surface area contributed by atoms with Gasteiger partial charge in [0.25, 0.3) is 0 Å². The molecule has 1 N–H and O–H groups in total. The van der Waals surface area contributed by atoms with Crippen molar-refractivity contribution >= 4 is 5.91 Å². The highest BCUT2D eigenvalue weighted by Gasteiger charge is 2.46. The Balaban J connectivity index is 2.26. The van der Waals surface area contributed by atoms with Crippen molar-refractivity contribution in [2.45, 2.75) is 25.6 Å². The zero-order chi connectivity index (χ0) is 8.77. The number of carbonyl (C=O) groups excluding carboxylic acids is 1. The van der Waals surface area contributed by atoms with Crippen LogP contribution in [0.5, 0.6) is 0 Å². The minimum atomic E-state index is -0.394. The van der Waals surface area contributed by atoms with Crippen LogP contribution in [0.2, 0.25) is 0 Å². The highest BCUT2D eigenvalue weighted by molar-refractivity contribution is 5.80. The first-order valence-electron chi connectivity index (χ1n) is 4.30. The van der Waals surface area contributed by atoms with Gasteiger partial charge in [-0.25, -0.2) is 0 Å². The van der Waals surface area contributed by atoms with E-state index in [1.54, 1.807) is 0 Å². The number of nitrogens with one attached hydrogen (secondary N) is 1. The lowest BCUT2D eigenvalue weighted by Gasteiger charge is -2.39. The molecule has 0 unspecified atom stereocenters. The van der Waals surface area contributed by atoms with Crippen LogP contribution in [0.25, 0.3) is 0 Å². The molecule has 0 radical (unpaired) electrons. The van der Waals surface area contributed by atoms with E-state index in [1.165, 1.54) is 0 Å². The molecule has 2 aliphatic rings. The van der Waals surface area contributed by atoms with Gasteiger partial charge in [-0.3, -0.25) is 4.79 Å². The molecule has 0 aromatic carbocycles. The van der Waals surface area contributed by atoms with Crippen molar-refractivity contribution in [3.05, 3.63) is 0 Å². The number of carbonyl (C=O) groups is 1. The molecule has 0 saturated carbocycles. The van der Waals surface area contributed by atoms with Crippen molar-refractivity contribution in [1.29, 1.82) is 0 Å². The molecule has 2 saturated heterocycles. The van der Waals surface area contributed by atoms with E-state index in [0.717, 1.165) is 6.54 Å². The molecule has 2 aliphatic heterocycles. The van der Waals surface area contributed by atoms with E-state index in [1.807, 2.05) is 18.7 Å².